The van der Waals surface area contributed by atoms with E-state index in [1.807, 2.05) is 0 Å². The van der Waals surface area contributed by atoms with Crippen LogP contribution in [0.3, 0.4) is 0 Å². The molecule has 2 aliphatic rings. The Bertz CT molecular complexity index is 393. The third kappa shape index (κ3) is 3.83. The van der Waals surface area contributed by atoms with Crippen molar-refractivity contribution >= 4 is 34.2 Å². The van der Waals surface area contributed by atoms with Crippen molar-refractivity contribution in [2.75, 3.05) is 18.8 Å². The van der Waals surface area contributed by atoms with E-state index in [1.165, 1.54) is 24.6 Å². The van der Waals surface area contributed by atoms with E-state index >= 15 is 0 Å². The number of thiocarbonyl (C=S) groups is 1. The van der Waals surface area contributed by atoms with Gasteiger partial charge in [0.15, 0.2) is 0 Å². The molecule has 1 saturated heterocycles. The Kier molecular flexibility index (Phi) is 5.06. The summed E-state index contributed by atoms with van der Waals surface area (Å²) < 4.78 is 0.810. The molecule has 0 spiro atoms. The Morgan fingerprint density at radius 1 is 1.32 bits per heavy atom. The molecule has 2 fully saturated rings. The van der Waals surface area contributed by atoms with Crippen LogP contribution in [-0.2, 0) is 4.79 Å². The van der Waals surface area contributed by atoms with Gasteiger partial charge in [0.25, 0.3) is 0 Å². The zero-order chi connectivity index (χ0) is 13.7. The number of carbonyl (C=O) groups is 1. The van der Waals surface area contributed by atoms with Gasteiger partial charge in [0, 0.05) is 13.1 Å². The largest absolute Gasteiger partial charge is 0.358 e. The molecule has 0 radical (unpaired) electrons. The van der Waals surface area contributed by atoms with Crippen molar-refractivity contribution in [1.29, 1.82) is 5.26 Å². The lowest BCUT2D eigenvalue weighted by Crippen LogP contribution is -2.46. The number of amides is 1. The molecule has 0 unspecified atom stereocenters. The lowest BCUT2D eigenvalue weighted by Gasteiger charge is -2.22. The van der Waals surface area contributed by atoms with Crippen LogP contribution >= 0.6 is 24.0 Å². The summed E-state index contributed by atoms with van der Waals surface area (Å²) in [6.45, 7) is 2.02. The van der Waals surface area contributed by atoms with Crippen molar-refractivity contribution in [2.24, 2.45) is 0 Å². The minimum absolute atomic E-state index is 0.0741. The van der Waals surface area contributed by atoms with Gasteiger partial charge in [-0.2, -0.15) is 5.26 Å². The van der Waals surface area contributed by atoms with Crippen LogP contribution < -0.4 is 5.32 Å². The first-order valence-electron chi connectivity index (χ1n) is 6.79. The second-order valence-corrected chi connectivity index (χ2v) is 6.81. The van der Waals surface area contributed by atoms with Crippen molar-refractivity contribution in [3.63, 3.8) is 0 Å². The molecule has 1 aliphatic carbocycles. The maximum Gasteiger partial charge on any atom is 0.231 e. The predicted octanol–water partition coefficient (Wildman–Crippen LogP) is 2.05. The van der Waals surface area contributed by atoms with Crippen LogP contribution in [0.25, 0.3) is 0 Å². The summed E-state index contributed by atoms with van der Waals surface area (Å²) in [7, 11) is 0. The minimum Gasteiger partial charge on any atom is -0.358 e. The molecule has 0 atom stereocenters. The molecule has 104 valence electrons. The van der Waals surface area contributed by atoms with Crippen molar-refractivity contribution in [3.05, 3.63) is 0 Å². The Labute approximate surface area is 123 Å². The van der Waals surface area contributed by atoms with E-state index in [0.717, 1.165) is 43.1 Å². The molecule has 1 amide bonds. The fourth-order valence-electron chi connectivity index (χ4n) is 2.66. The van der Waals surface area contributed by atoms with Crippen molar-refractivity contribution in [1.82, 2.24) is 10.2 Å². The highest BCUT2D eigenvalue weighted by atomic mass is 32.2. The van der Waals surface area contributed by atoms with Gasteiger partial charge in [-0.05, 0) is 38.5 Å². The molecule has 6 heteroatoms. The molecule has 1 aliphatic heterocycles. The van der Waals surface area contributed by atoms with Crippen LogP contribution in [0.4, 0.5) is 0 Å². The second-order valence-electron chi connectivity index (χ2n) is 5.20. The third-order valence-corrected chi connectivity index (χ3v) is 5.26. The summed E-state index contributed by atoms with van der Waals surface area (Å²) >= 11 is 6.73. The summed E-state index contributed by atoms with van der Waals surface area (Å²) in [5.41, 5.74) is -0.618. The Hall–Kier alpha value is -0.800. The molecule has 0 bridgehead atoms. The number of thioether (sulfide) groups is 1. The summed E-state index contributed by atoms with van der Waals surface area (Å²) in [6, 6.07) is 2.27. The number of hydrogen-bond acceptors (Lipinski definition) is 4. The van der Waals surface area contributed by atoms with Crippen LogP contribution in [0, 0.1) is 11.3 Å². The maximum atomic E-state index is 11.9. The molecule has 0 aromatic heterocycles. The zero-order valence-electron chi connectivity index (χ0n) is 11.0. The minimum atomic E-state index is -0.618. The fraction of sp³-hybridized carbons (Fsp3) is 0.769. The van der Waals surface area contributed by atoms with Gasteiger partial charge in [0.2, 0.25) is 5.91 Å². The second kappa shape index (κ2) is 6.58. The number of hydrogen-bond donors (Lipinski definition) is 1. The molecule has 0 aromatic rings. The van der Waals surface area contributed by atoms with E-state index in [1.54, 1.807) is 0 Å². The molecular formula is C13H19N3OS2. The molecular weight excluding hydrogens is 278 g/mol. The highest BCUT2D eigenvalue weighted by Crippen LogP contribution is 2.29. The smallest absolute Gasteiger partial charge is 0.231 e. The number of carbonyl (C=O) groups excluding carboxylic acids is 1. The van der Waals surface area contributed by atoms with Crippen LogP contribution in [0.5, 0.6) is 0 Å². The van der Waals surface area contributed by atoms with E-state index < -0.39 is 5.54 Å². The van der Waals surface area contributed by atoms with Gasteiger partial charge in [-0.25, -0.2) is 0 Å². The Balaban J connectivity index is 1.75. The molecule has 1 saturated carbocycles. The molecule has 2 rings (SSSR count). The van der Waals surface area contributed by atoms with Gasteiger partial charge in [-0.1, -0.05) is 24.0 Å². The highest BCUT2D eigenvalue weighted by Gasteiger charge is 2.35. The molecule has 1 N–H and O–H groups in total. The van der Waals surface area contributed by atoms with Gasteiger partial charge >= 0.3 is 0 Å². The van der Waals surface area contributed by atoms with E-state index in [9.17, 15) is 10.1 Å². The SMILES string of the molecule is N#CC1(NC(=O)CSC(=S)N2CCCC2)CCCC1. The van der Waals surface area contributed by atoms with Gasteiger partial charge in [-0.15, -0.1) is 0 Å². The number of nitriles is 1. The first-order chi connectivity index (χ1) is 9.15. The summed E-state index contributed by atoms with van der Waals surface area (Å²) in [4.78, 5) is 14.1. The molecule has 4 nitrogen and oxygen atoms in total. The summed E-state index contributed by atoms with van der Waals surface area (Å²) in [6.07, 6.45) is 5.96. The van der Waals surface area contributed by atoms with Crippen LogP contribution in [-0.4, -0.2) is 39.5 Å². The third-order valence-electron chi connectivity index (χ3n) is 3.74. The predicted molar refractivity (Wildman–Crippen MR) is 80.8 cm³/mol. The molecule has 0 aromatic carbocycles. The van der Waals surface area contributed by atoms with Crippen molar-refractivity contribution < 1.29 is 4.79 Å². The quantitative estimate of drug-likeness (QED) is 0.808. The lowest BCUT2D eigenvalue weighted by molar-refractivity contribution is -0.119. The van der Waals surface area contributed by atoms with Gasteiger partial charge in [0.05, 0.1) is 11.8 Å². The van der Waals surface area contributed by atoms with Crippen molar-refractivity contribution in [3.8, 4) is 6.07 Å². The molecule has 19 heavy (non-hydrogen) atoms. The standard InChI is InChI=1S/C13H19N3OS2/c14-10-13(5-1-2-6-13)15-11(17)9-19-12(18)16-7-3-4-8-16/h1-9H2,(H,15,17). The summed E-state index contributed by atoms with van der Waals surface area (Å²) in [5, 5.41) is 12.1. The van der Waals surface area contributed by atoms with E-state index in [2.05, 4.69) is 16.3 Å². The maximum absolute atomic E-state index is 11.9. The van der Waals surface area contributed by atoms with Gasteiger partial charge < -0.3 is 10.2 Å². The zero-order valence-corrected chi connectivity index (χ0v) is 12.6. The van der Waals surface area contributed by atoms with E-state index in [4.69, 9.17) is 12.2 Å². The Morgan fingerprint density at radius 3 is 2.53 bits per heavy atom. The highest BCUT2D eigenvalue weighted by molar-refractivity contribution is 8.23. The van der Waals surface area contributed by atoms with Crippen LogP contribution in [0.1, 0.15) is 38.5 Å². The number of rotatable bonds is 3. The first kappa shape index (κ1) is 14.6. The topological polar surface area (TPSA) is 56.1 Å². The lowest BCUT2D eigenvalue weighted by atomic mass is 10.0. The number of nitrogens with one attached hydrogen (secondary N) is 1. The van der Waals surface area contributed by atoms with Crippen molar-refractivity contribution in [2.45, 2.75) is 44.1 Å². The van der Waals surface area contributed by atoms with E-state index in [-0.39, 0.29) is 5.91 Å². The fourth-order valence-corrected chi connectivity index (χ4v) is 3.72. The Morgan fingerprint density at radius 2 is 1.95 bits per heavy atom. The van der Waals surface area contributed by atoms with Crippen LogP contribution in [0.15, 0.2) is 0 Å². The number of likely N-dealkylation sites (tertiary alicyclic amines) is 1. The average molecular weight is 297 g/mol. The average Bonchev–Trinajstić information content (AvgIpc) is 3.07. The van der Waals surface area contributed by atoms with Gasteiger partial charge in [0.1, 0.15) is 9.86 Å². The van der Waals surface area contributed by atoms with Crippen LogP contribution in [0.2, 0.25) is 0 Å². The number of nitrogens with zero attached hydrogens (tertiary/aromatic N) is 2. The summed E-state index contributed by atoms with van der Waals surface area (Å²) in [5.74, 6) is 0.244. The first-order valence-corrected chi connectivity index (χ1v) is 8.19. The monoisotopic (exact) mass is 297 g/mol. The molecule has 1 heterocycles. The van der Waals surface area contributed by atoms with Gasteiger partial charge in [-0.3, -0.25) is 4.79 Å². The van der Waals surface area contributed by atoms with E-state index in [0.29, 0.717) is 5.75 Å². The normalized spacial score (nSPS) is 21.1.